The van der Waals surface area contributed by atoms with Crippen molar-refractivity contribution in [3.8, 4) is 10.4 Å². The van der Waals surface area contributed by atoms with Gasteiger partial charge in [-0.15, -0.1) is 0 Å². The Morgan fingerprint density at radius 1 is 1.18 bits per heavy atom. The minimum Gasteiger partial charge on any atom is -0.365 e. The van der Waals surface area contributed by atoms with Crippen LogP contribution in [-0.2, 0) is 6.18 Å². The SMILES string of the molecule is CNc1ncc(-c2ccc(C(F)(F)F)cc2)s1. The van der Waals surface area contributed by atoms with Gasteiger partial charge >= 0.3 is 6.18 Å². The Bertz CT molecular complexity index is 502. The third-order valence-corrected chi connectivity index (χ3v) is 3.28. The second-order valence-corrected chi connectivity index (χ2v) is 4.39. The van der Waals surface area contributed by atoms with Crippen molar-refractivity contribution in [1.82, 2.24) is 4.98 Å². The van der Waals surface area contributed by atoms with E-state index < -0.39 is 11.7 Å². The molecule has 0 amide bonds. The first kappa shape index (κ1) is 11.9. The summed E-state index contributed by atoms with van der Waals surface area (Å²) in [5.41, 5.74) is 0.0941. The molecule has 1 heterocycles. The molecule has 0 saturated heterocycles. The van der Waals surface area contributed by atoms with Gasteiger partial charge < -0.3 is 5.32 Å². The number of alkyl halides is 3. The fraction of sp³-hybridized carbons (Fsp3) is 0.182. The average Bonchev–Trinajstić information content (AvgIpc) is 2.76. The van der Waals surface area contributed by atoms with Gasteiger partial charge in [-0.1, -0.05) is 23.5 Å². The van der Waals surface area contributed by atoms with Crippen molar-refractivity contribution in [3.63, 3.8) is 0 Å². The van der Waals surface area contributed by atoms with Crippen LogP contribution in [0, 0.1) is 0 Å². The zero-order chi connectivity index (χ0) is 12.5. The molecule has 2 aromatic rings. The highest BCUT2D eigenvalue weighted by atomic mass is 32.1. The summed E-state index contributed by atoms with van der Waals surface area (Å²) in [4.78, 5) is 4.90. The predicted molar refractivity (Wildman–Crippen MR) is 62.1 cm³/mol. The first-order valence-corrected chi connectivity index (χ1v) is 5.63. The smallest absolute Gasteiger partial charge is 0.365 e. The molecule has 2 rings (SSSR count). The lowest BCUT2D eigenvalue weighted by atomic mass is 10.1. The van der Waals surface area contributed by atoms with Crippen LogP contribution in [0.15, 0.2) is 30.5 Å². The maximum Gasteiger partial charge on any atom is 0.416 e. The van der Waals surface area contributed by atoms with Gasteiger partial charge in [-0.25, -0.2) is 4.98 Å². The van der Waals surface area contributed by atoms with Gasteiger partial charge in [0.25, 0.3) is 0 Å². The van der Waals surface area contributed by atoms with Crippen molar-refractivity contribution in [2.45, 2.75) is 6.18 Å². The Hall–Kier alpha value is -1.56. The van der Waals surface area contributed by atoms with Crippen LogP contribution in [0.3, 0.4) is 0 Å². The predicted octanol–water partition coefficient (Wildman–Crippen LogP) is 3.87. The van der Waals surface area contributed by atoms with E-state index in [1.165, 1.54) is 23.5 Å². The minimum absolute atomic E-state index is 0.639. The molecule has 0 unspecified atom stereocenters. The zero-order valence-corrected chi connectivity index (χ0v) is 9.69. The van der Waals surface area contributed by atoms with Gasteiger partial charge in [0.15, 0.2) is 5.13 Å². The van der Waals surface area contributed by atoms with E-state index in [2.05, 4.69) is 10.3 Å². The lowest BCUT2D eigenvalue weighted by Gasteiger charge is -2.06. The summed E-state index contributed by atoms with van der Waals surface area (Å²) in [6, 6.07) is 5.06. The number of rotatable bonds is 2. The molecule has 0 bridgehead atoms. The van der Waals surface area contributed by atoms with E-state index in [1.807, 2.05) is 0 Å². The second kappa shape index (κ2) is 4.37. The number of halogens is 3. The fourth-order valence-electron chi connectivity index (χ4n) is 1.35. The molecule has 0 aliphatic heterocycles. The van der Waals surface area contributed by atoms with Crippen molar-refractivity contribution < 1.29 is 13.2 Å². The molecule has 0 saturated carbocycles. The number of benzene rings is 1. The third-order valence-electron chi connectivity index (χ3n) is 2.22. The van der Waals surface area contributed by atoms with Crippen LogP contribution >= 0.6 is 11.3 Å². The molecule has 1 aromatic carbocycles. The highest BCUT2D eigenvalue weighted by Gasteiger charge is 2.29. The molecular formula is C11H9F3N2S. The van der Waals surface area contributed by atoms with Gasteiger partial charge in [0.05, 0.1) is 10.4 Å². The van der Waals surface area contributed by atoms with Gasteiger partial charge in [0.1, 0.15) is 0 Å². The van der Waals surface area contributed by atoms with E-state index in [9.17, 15) is 13.2 Å². The third kappa shape index (κ3) is 2.58. The molecule has 6 heteroatoms. The van der Waals surface area contributed by atoms with E-state index in [-0.39, 0.29) is 0 Å². The minimum atomic E-state index is -4.29. The average molecular weight is 258 g/mol. The standard InChI is InChI=1S/C11H9F3N2S/c1-15-10-16-6-9(17-10)7-2-4-8(5-3-7)11(12,13)14/h2-6H,1H3,(H,15,16). The Morgan fingerprint density at radius 2 is 1.82 bits per heavy atom. The van der Waals surface area contributed by atoms with Crippen molar-refractivity contribution in [2.75, 3.05) is 12.4 Å². The monoisotopic (exact) mass is 258 g/mol. The summed E-state index contributed by atoms with van der Waals surface area (Å²) >= 11 is 1.40. The quantitative estimate of drug-likeness (QED) is 0.884. The van der Waals surface area contributed by atoms with E-state index in [4.69, 9.17) is 0 Å². The van der Waals surface area contributed by atoms with Gasteiger partial charge in [-0.3, -0.25) is 0 Å². The van der Waals surface area contributed by atoms with Crippen molar-refractivity contribution in [2.24, 2.45) is 0 Å². The lowest BCUT2D eigenvalue weighted by molar-refractivity contribution is -0.137. The normalized spacial score (nSPS) is 11.5. The van der Waals surface area contributed by atoms with Crippen LogP contribution in [0.2, 0.25) is 0 Å². The first-order chi connectivity index (χ1) is 8.00. The van der Waals surface area contributed by atoms with Crippen LogP contribution in [-0.4, -0.2) is 12.0 Å². The summed E-state index contributed by atoms with van der Waals surface area (Å²) < 4.78 is 37.1. The molecule has 0 aliphatic carbocycles. The molecule has 0 radical (unpaired) electrons. The highest BCUT2D eigenvalue weighted by Crippen LogP contribution is 2.33. The zero-order valence-electron chi connectivity index (χ0n) is 8.88. The van der Waals surface area contributed by atoms with E-state index >= 15 is 0 Å². The topological polar surface area (TPSA) is 24.9 Å². The number of nitrogens with zero attached hydrogens (tertiary/aromatic N) is 1. The fourth-order valence-corrected chi connectivity index (χ4v) is 2.12. The molecular weight excluding hydrogens is 249 g/mol. The molecule has 0 aliphatic rings. The van der Waals surface area contributed by atoms with Crippen molar-refractivity contribution >= 4 is 16.5 Å². The van der Waals surface area contributed by atoms with Gasteiger partial charge in [-0.05, 0) is 17.7 Å². The largest absolute Gasteiger partial charge is 0.416 e. The summed E-state index contributed by atoms with van der Waals surface area (Å²) in [5, 5.41) is 3.62. The maximum atomic E-state index is 12.4. The number of hydrogen-bond donors (Lipinski definition) is 1. The summed E-state index contributed by atoms with van der Waals surface area (Å²) in [6.45, 7) is 0. The van der Waals surface area contributed by atoms with Gasteiger partial charge in [0.2, 0.25) is 0 Å². The molecule has 90 valence electrons. The summed E-state index contributed by atoms with van der Waals surface area (Å²) in [7, 11) is 1.75. The van der Waals surface area contributed by atoms with E-state index in [0.717, 1.165) is 27.7 Å². The number of nitrogens with one attached hydrogen (secondary N) is 1. The summed E-state index contributed by atoms with van der Waals surface area (Å²) in [6.07, 6.45) is -2.65. The van der Waals surface area contributed by atoms with Crippen LogP contribution < -0.4 is 5.32 Å². The van der Waals surface area contributed by atoms with Crippen molar-refractivity contribution in [1.29, 1.82) is 0 Å². The van der Waals surface area contributed by atoms with Crippen molar-refractivity contribution in [3.05, 3.63) is 36.0 Å². The van der Waals surface area contributed by atoms with Crippen LogP contribution in [0.25, 0.3) is 10.4 Å². The number of thiazole rings is 1. The number of aromatic nitrogens is 1. The van der Waals surface area contributed by atoms with Crippen LogP contribution in [0.1, 0.15) is 5.56 Å². The molecule has 0 atom stereocenters. The molecule has 1 aromatic heterocycles. The molecule has 17 heavy (non-hydrogen) atoms. The van der Waals surface area contributed by atoms with Crippen LogP contribution in [0.5, 0.6) is 0 Å². The molecule has 1 N–H and O–H groups in total. The van der Waals surface area contributed by atoms with Gasteiger partial charge in [-0.2, -0.15) is 13.2 Å². The molecule has 2 nitrogen and oxygen atoms in total. The Kier molecular flexibility index (Phi) is 3.06. The molecule has 0 fully saturated rings. The second-order valence-electron chi connectivity index (χ2n) is 3.35. The van der Waals surface area contributed by atoms with E-state index in [0.29, 0.717) is 0 Å². The van der Waals surface area contributed by atoms with Crippen LogP contribution in [0.4, 0.5) is 18.3 Å². The highest BCUT2D eigenvalue weighted by molar-refractivity contribution is 7.18. The Labute approximate surface area is 100 Å². The maximum absolute atomic E-state index is 12.4. The Morgan fingerprint density at radius 3 is 2.29 bits per heavy atom. The number of anilines is 1. The van der Waals surface area contributed by atoms with Gasteiger partial charge in [0, 0.05) is 13.2 Å². The lowest BCUT2D eigenvalue weighted by Crippen LogP contribution is -2.03. The Balaban J connectivity index is 2.29. The molecule has 0 spiro atoms. The number of hydrogen-bond acceptors (Lipinski definition) is 3. The van der Waals surface area contributed by atoms with E-state index in [1.54, 1.807) is 13.2 Å². The summed E-state index contributed by atoms with van der Waals surface area (Å²) in [5.74, 6) is 0. The first-order valence-electron chi connectivity index (χ1n) is 4.82.